The highest BCUT2D eigenvalue weighted by Crippen LogP contribution is 2.38. The summed E-state index contributed by atoms with van der Waals surface area (Å²) < 4.78 is 12.6. The molecule has 0 aliphatic heterocycles. The molecule has 1 aliphatic rings. The van der Waals surface area contributed by atoms with E-state index in [0.29, 0.717) is 12.0 Å². The van der Waals surface area contributed by atoms with Gasteiger partial charge in [-0.2, -0.15) is 0 Å². The fourth-order valence-corrected chi connectivity index (χ4v) is 3.79. The van der Waals surface area contributed by atoms with Crippen molar-refractivity contribution >= 4 is 8.32 Å². The number of ether oxygens (including phenoxy) is 1. The van der Waals surface area contributed by atoms with Crippen LogP contribution in [-0.4, -0.2) is 21.0 Å². The third-order valence-electron chi connectivity index (χ3n) is 5.36. The first-order valence-corrected chi connectivity index (χ1v) is 11.5. The van der Waals surface area contributed by atoms with Crippen molar-refractivity contribution < 1.29 is 9.16 Å². The molecule has 1 aromatic rings. The maximum atomic E-state index is 6.42. The molecule has 22 heavy (non-hydrogen) atoms. The summed E-state index contributed by atoms with van der Waals surface area (Å²) in [5, 5.41) is 0.284. The molecule has 0 bridgehead atoms. The summed E-state index contributed by atoms with van der Waals surface area (Å²) in [7, 11) is -1.64. The van der Waals surface area contributed by atoms with Crippen LogP contribution in [-0.2, 0) is 15.8 Å². The van der Waals surface area contributed by atoms with Gasteiger partial charge in [0.1, 0.15) is 0 Å². The molecule has 0 spiro atoms. The van der Waals surface area contributed by atoms with Gasteiger partial charge in [0, 0.05) is 12.5 Å². The highest BCUT2D eigenvalue weighted by molar-refractivity contribution is 6.74. The smallest absolute Gasteiger partial charge is 0.191 e. The Bertz CT molecular complexity index is 450. The molecule has 2 rings (SSSR count). The monoisotopic (exact) mass is 320 g/mol. The first-order chi connectivity index (χ1) is 10.3. The van der Waals surface area contributed by atoms with E-state index in [4.69, 9.17) is 9.16 Å². The van der Waals surface area contributed by atoms with E-state index in [1.165, 1.54) is 24.8 Å². The number of rotatable bonds is 6. The predicted octanol–water partition coefficient (Wildman–Crippen LogP) is 5.39. The molecule has 2 nitrogen and oxygen atoms in total. The average molecular weight is 321 g/mol. The molecule has 124 valence electrons. The molecule has 1 saturated carbocycles. The Labute approximate surface area is 137 Å². The van der Waals surface area contributed by atoms with Crippen LogP contribution >= 0.6 is 0 Å². The Kier molecular flexibility index (Phi) is 5.86. The largest absolute Gasteiger partial charge is 0.416 e. The SMILES string of the molecule is CC(C)(C)[Si](C)(C)OCC1CCCC1OCc1ccccc1. The molecule has 0 saturated heterocycles. The third kappa shape index (κ3) is 4.67. The molecule has 2 atom stereocenters. The first kappa shape index (κ1) is 17.7. The van der Waals surface area contributed by atoms with Crippen LogP contribution in [0.1, 0.15) is 45.6 Å². The molecule has 3 heteroatoms. The lowest BCUT2D eigenvalue weighted by Gasteiger charge is -2.37. The quantitative estimate of drug-likeness (QED) is 0.654. The van der Waals surface area contributed by atoms with Crippen molar-refractivity contribution in [3.8, 4) is 0 Å². The van der Waals surface area contributed by atoms with Gasteiger partial charge in [0.05, 0.1) is 12.7 Å². The van der Waals surface area contributed by atoms with Gasteiger partial charge in [0.15, 0.2) is 8.32 Å². The van der Waals surface area contributed by atoms with Gasteiger partial charge in [0.2, 0.25) is 0 Å². The van der Waals surface area contributed by atoms with E-state index in [0.717, 1.165) is 13.2 Å². The molecular weight excluding hydrogens is 288 g/mol. The summed E-state index contributed by atoms with van der Waals surface area (Å²) in [6.07, 6.45) is 4.06. The minimum atomic E-state index is -1.64. The van der Waals surface area contributed by atoms with Crippen molar-refractivity contribution in [3.05, 3.63) is 35.9 Å². The second kappa shape index (κ2) is 7.29. The Morgan fingerprint density at radius 2 is 1.77 bits per heavy atom. The van der Waals surface area contributed by atoms with Crippen molar-refractivity contribution in [3.63, 3.8) is 0 Å². The minimum absolute atomic E-state index is 0.284. The third-order valence-corrected chi connectivity index (χ3v) is 9.86. The minimum Gasteiger partial charge on any atom is -0.416 e. The lowest BCUT2D eigenvalue weighted by Crippen LogP contribution is -2.42. The molecular formula is C19H32O2Si. The normalized spacial score (nSPS) is 23.0. The highest BCUT2D eigenvalue weighted by atomic mass is 28.4. The second-order valence-electron chi connectivity index (χ2n) is 8.10. The van der Waals surface area contributed by atoms with E-state index in [9.17, 15) is 0 Å². The molecule has 0 radical (unpaired) electrons. The van der Waals surface area contributed by atoms with Gasteiger partial charge in [-0.05, 0) is 36.5 Å². The summed E-state index contributed by atoms with van der Waals surface area (Å²) in [6, 6.07) is 10.5. The van der Waals surface area contributed by atoms with E-state index in [1.807, 2.05) is 0 Å². The van der Waals surface area contributed by atoms with Gasteiger partial charge in [-0.25, -0.2) is 0 Å². The van der Waals surface area contributed by atoms with Crippen molar-refractivity contribution in [2.75, 3.05) is 6.61 Å². The number of benzene rings is 1. The zero-order chi connectivity index (χ0) is 16.2. The lowest BCUT2D eigenvalue weighted by atomic mass is 10.1. The fourth-order valence-electron chi connectivity index (χ4n) is 2.72. The zero-order valence-corrected chi connectivity index (χ0v) is 15.9. The Balaban J connectivity index is 1.83. The molecule has 1 aliphatic carbocycles. The van der Waals surface area contributed by atoms with Crippen LogP contribution in [0.2, 0.25) is 18.1 Å². The first-order valence-electron chi connectivity index (χ1n) is 8.59. The van der Waals surface area contributed by atoms with E-state index >= 15 is 0 Å². The summed E-state index contributed by atoms with van der Waals surface area (Å²) in [6.45, 7) is 13.2. The van der Waals surface area contributed by atoms with Crippen LogP contribution in [0, 0.1) is 5.92 Å². The number of hydrogen-bond acceptors (Lipinski definition) is 2. The van der Waals surface area contributed by atoms with Crippen molar-refractivity contribution in [2.45, 2.75) is 70.9 Å². The second-order valence-corrected chi connectivity index (χ2v) is 12.9. The van der Waals surface area contributed by atoms with E-state index in [2.05, 4.69) is 64.2 Å². The lowest BCUT2D eigenvalue weighted by molar-refractivity contribution is 0.00173. The zero-order valence-electron chi connectivity index (χ0n) is 14.9. The van der Waals surface area contributed by atoms with E-state index in [-0.39, 0.29) is 5.04 Å². The Morgan fingerprint density at radius 3 is 2.41 bits per heavy atom. The standard InChI is InChI=1S/C19H32O2Si/c1-19(2,3)22(4,5)21-15-17-12-9-13-18(17)20-14-16-10-7-6-8-11-16/h6-8,10-11,17-18H,9,12-15H2,1-5H3. The molecule has 0 N–H and O–H groups in total. The summed E-state index contributed by atoms with van der Waals surface area (Å²) in [4.78, 5) is 0. The fraction of sp³-hybridized carbons (Fsp3) is 0.684. The van der Waals surface area contributed by atoms with Gasteiger partial charge < -0.3 is 9.16 Å². The van der Waals surface area contributed by atoms with Crippen LogP contribution in [0.5, 0.6) is 0 Å². The number of hydrogen-bond donors (Lipinski definition) is 0. The molecule has 0 amide bonds. The molecule has 2 unspecified atom stereocenters. The van der Waals surface area contributed by atoms with Gasteiger partial charge in [-0.1, -0.05) is 57.5 Å². The maximum absolute atomic E-state index is 6.42. The van der Waals surface area contributed by atoms with Gasteiger partial charge >= 0.3 is 0 Å². The summed E-state index contributed by atoms with van der Waals surface area (Å²) >= 11 is 0. The van der Waals surface area contributed by atoms with Gasteiger partial charge in [-0.15, -0.1) is 0 Å². The average Bonchev–Trinajstić information content (AvgIpc) is 2.90. The van der Waals surface area contributed by atoms with Gasteiger partial charge in [0.25, 0.3) is 0 Å². The molecule has 1 fully saturated rings. The van der Waals surface area contributed by atoms with Crippen LogP contribution in [0.4, 0.5) is 0 Å². The molecule has 0 heterocycles. The van der Waals surface area contributed by atoms with Crippen molar-refractivity contribution in [1.29, 1.82) is 0 Å². The molecule has 1 aromatic carbocycles. The van der Waals surface area contributed by atoms with Crippen LogP contribution < -0.4 is 0 Å². The summed E-state index contributed by atoms with van der Waals surface area (Å²) in [5.74, 6) is 0.567. The van der Waals surface area contributed by atoms with Crippen molar-refractivity contribution in [2.24, 2.45) is 5.92 Å². The van der Waals surface area contributed by atoms with Gasteiger partial charge in [-0.3, -0.25) is 0 Å². The van der Waals surface area contributed by atoms with Crippen molar-refractivity contribution in [1.82, 2.24) is 0 Å². The molecule has 0 aromatic heterocycles. The topological polar surface area (TPSA) is 18.5 Å². The Hall–Kier alpha value is -0.643. The van der Waals surface area contributed by atoms with Crippen LogP contribution in [0.25, 0.3) is 0 Å². The van der Waals surface area contributed by atoms with Crippen LogP contribution in [0.15, 0.2) is 30.3 Å². The predicted molar refractivity (Wildman–Crippen MR) is 95.5 cm³/mol. The Morgan fingerprint density at radius 1 is 1.09 bits per heavy atom. The maximum Gasteiger partial charge on any atom is 0.191 e. The van der Waals surface area contributed by atoms with Crippen LogP contribution in [0.3, 0.4) is 0 Å². The highest BCUT2D eigenvalue weighted by Gasteiger charge is 2.39. The summed E-state index contributed by atoms with van der Waals surface area (Å²) in [5.41, 5.74) is 1.26. The van der Waals surface area contributed by atoms with E-state index in [1.54, 1.807) is 0 Å². The van der Waals surface area contributed by atoms with E-state index < -0.39 is 8.32 Å².